The van der Waals surface area contributed by atoms with Gasteiger partial charge in [-0.3, -0.25) is 4.79 Å². The number of amides is 1. The lowest BCUT2D eigenvalue weighted by Crippen LogP contribution is -2.41. The van der Waals surface area contributed by atoms with Gasteiger partial charge in [-0.1, -0.05) is 6.58 Å². The summed E-state index contributed by atoms with van der Waals surface area (Å²) in [5.74, 6) is 2.76. The summed E-state index contributed by atoms with van der Waals surface area (Å²) in [7, 11) is 1.64. The number of methoxy groups -OCH3 is 1. The van der Waals surface area contributed by atoms with Crippen molar-refractivity contribution in [2.45, 2.75) is 31.4 Å². The number of aromatic nitrogens is 2. The van der Waals surface area contributed by atoms with E-state index in [0.717, 1.165) is 58.6 Å². The number of rotatable bonds is 9. The van der Waals surface area contributed by atoms with E-state index in [9.17, 15) is 4.79 Å². The molecule has 6 rings (SSSR count). The molecule has 2 fully saturated rings. The number of ether oxygens (including phenoxy) is 3. The van der Waals surface area contributed by atoms with Crippen LogP contribution in [0.5, 0.6) is 11.5 Å². The molecule has 0 spiro atoms. The van der Waals surface area contributed by atoms with Crippen molar-refractivity contribution in [2.24, 2.45) is 0 Å². The maximum Gasteiger partial charge on any atom is 0.245 e. The van der Waals surface area contributed by atoms with Crippen LogP contribution in [-0.2, 0) is 9.53 Å². The maximum atomic E-state index is 12.1. The number of piperidine rings is 1. The zero-order valence-electron chi connectivity index (χ0n) is 23.0. The molecule has 4 aromatic rings. The minimum absolute atomic E-state index is 0.0203. The molecule has 2 aliphatic rings. The van der Waals surface area contributed by atoms with E-state index < -0.39 is 0 Å². The van der Waals surface area contributed by atoms with E-state index >= 15 is 0 Å². The Balaban J connectivity index is 1.33. The van der Waals surface area contributed by atoms with Crippen molar-refractivity contribution < 1.29 is 23.4 Å². The Bertz CT molecular complexity index is 1530. The van der Waals surface area contributed by atoms with Crippen molar-refractivity contribution >= 4 is 34.0 Å². The monoisotopic (exact) mass is 555 g/mol. The molecule has 10 heteroatoms. The van der Waals surface area contributed by atoms with Crippen LogP contribution in [0, 0.1) is 0 Å². The first kappa shape index (κ1) is 26.6. The van der Waals surface area contributed by atoms with Crippen LogP contribution < -0.4 is 20.1 Å². The second kappa shape index (κ2) is 11.9. The number of furan rings is 1. The normalized spacial score (nSPS) is 17.4. The van der Waals surface area contributed by atoms with Crippen molar-refractivity contribution in [3.05, 3.63) is 67.7 Å². The number of fused-ring (bicyclic) bond motifs is 1. The molecular weight excluding hydrogens is 522 g/mol. The minimum atomic E-state index is -0.0289. The Morgan fingerprint density at radius 2 is 1.98 bits per heavy atom. The van der Waals surface area contributed by atoms with Gasteiger partial charge in [-0.15, -0.1) is 0 Å². The highest BCUT2D eigenvalue weighted by Gasteiger charge is 2.25. The molecule has 1 amide bonds. The van der Waals surface area contributed by atoms with E-state index in [1.54, 1.807) is 13.4 Å². The molecule has 1 atom stereocenters. The van der Waals surface area contributed by atoms with Gasteiger partial charge in [0.05, 0.1) is 43.5 Å². The zero-order valence-corrected chi connectivity index (χ0v) is 23.0. The lowest BCUT2D eigenvalue weighted by atomic mass is 10.0. The largest absolute Gasteiger partial charge is 0.495 e. The highest BCUT2D eigenvalue weighted by atomic mass is 16.5. The van der Waals surface area contributed by atoms with Crippen LogP contribution in [0.4, 0.5) is 17.2 Å². The van der Waals surface area contributed by atoms with Crippen LogP contribution >= 0.6 is 0 Å². The van der Waals surface area contributed by atoms with E-state index in [1.807, 2.05) is 47.4 Å². The summed E-state index contributed by atoms with van der Waals surface area (Å²) in [4.78, 5) is 23.0. The SMILES string of the molecule is C=CC(=O)N1CCC(Nc2cc3c(Nc4cc(-c5ccco5)ccc4OC)ncnc3cc2O[C@@H]2CCOC2)CC1. The van der Waals surface area contributed by atoms with Gasteiger partial charge in [0.15, 0.2) is 0 Å². The topological polar surface area (TPSA) is 111 Å². The molecule has 2 aromatic carbocycles. The molecule has 0 bridgehead atoms. The molecule has 0 unspecified atom stereocenters. The number of carbonyl (C=O) groups excluding carboxylic acids is 1. The zero-order chi connectivity index (χ0) is 28.2. The minimum Gasteiger partial charge on any atom is -0.495 e. The Labute approximate surface area is 238 Å². The number of benzene rings is 2. The highest BCUT2D eigenvalue weighted by Crippen LogP contribution is 2.38. The first-order chi connectivity index (χ1) is 20.1. The number of carbonyl (C=O) groups is 1. The van der Waals surface area contributed by atoms with E-state index in [1.165, 1.54) is 12.4 Å². The van der Waals surface area contributed by atoms with Crippen molar-refractivity contribution in [2.75, 3.05) is 44.0 Å². The summed E-state index contributed by atoms with van der Waals surface area (Å²) in [6.07, 6.45) is 7.01. The van der Waals surface area contributed by atoms with E-state index in [4.69, 9.17) is 18.6 Å². The average Bonchev–Trinajstić information content (AvgIpc) is 3.73. The Morgan fingerprint density at radius 1 is 1.10 bits per heavy atom. The van der Waals surface area contributed by atoms with Gasteiger partial charge in [0.2, 0.25) is 5.91 Å². The lowest BCUT2D eigenvalue weighted by Gasteiger charge is -2.32. The maximum absolute atomic E-state index is 12.1. The second-order valence-electron chi connectivity index (χ2n) is 10.2. The average molecular weight is 556 g/mol. The van der Waals surface area contributed by atoms with E-state index in [2.05, 4.69) is 27.2 Å². The molecule has 2 aromatic heterocycles. The van der Waals surface area contributed by atoms with Crippen LogP contribution in [0.25, 0.3) is 22.2 Å². The summed E-state index contributed by atoms with van der Waals surface area (Å²) in [5.41, 5.74) is 3.26. The smallest absolute Gasteiger partial charge is 0.245 e. The number of hydrogen-bond donors (Lipinski definition) is 2. The second-order valence-corrected chi connectivity index (χ2v) is 10.2. The van der Waals surface area contributed by atoms with Crippen molar-refractivity contribution in [1.29, 1.82) is 0 Å². The number of anilines is 3. The van der Waals surface area contributed by atoms with Crippen LogP contribution in [0.1, 0.15) is 19.3 Å². The Hall–Kier alpha value is -4.57. The molecule has 4 heterocycles. The number of nitrogens with zero attached hydrogens (tertiary/aromatic N) is 3. The fraction of sp³-hybridized carbons (Fsp3) is 0.323. The van der Waals surface area contributed by atoms with E-state index in [0.29, 0.717) is 37.9 Å². The summed E-state index contributed by atoms with van der Waals surface area (Å²) in [6.45, 7) is 6.20. The summed E-state index contributed by atoms with van der Waals surface area (Å²) in [6, 6.07) is 13.8. The molecular formula is C31H33N5O5. The summed E-state index contributed by atoms with van der Waals surface area (Å²) < 4.78 is 23.2. The molecule has 41 heavy (non-hydrogen) atoms. The standard InChI is InChI=1S/C31H33N5O5/c1-3-30(37)36-11-8-21(9-12-36)34-26-16-23-24(17-29(26)41-22-10-14-39-18-22)32-19-33-31(23)35-25-15-20(6-7-28(25)38-2)27-5-4-13-40-27/h3-7,13,15-17,19,21-22,34H,1,8-12,14,18H2,2H3,(H,32,33,35)/t22-/m1/s1. The number of nitrogens with one attached hydrogen (secondary N) is 2. The van der Waals surface area contributed by atoms with Crippen LogP contribution in [-0.4, -0.2) is 66.3 Å². The Morgan fingerprint density at radius 3 is 2.71 bits per heavy atom. The van der Waals surface area contributed by atoms with Gasteiger partial charge in [0.25, 0.3) is 0 Å². The molecule has 2 aliphatic heterocycles. The molecule has 212 valence electrons. The molecule has 0 radical (unpaired) electrons. The van der Waals surface area contributed by atoms with Gasteiger partial charge in [-0.25, -0.2) is 9.97 Å². The first-order valence-electron chi connectivity index (χ1n) is 13.8. The summed E-state index contributed by atoms with van der Waals surface area (Å²) >= 11 is 0. The Kier molecular flexibility index (Phi) is 7.73. The lowest BCUT2D eigenvalue weighted by molar-refractivity contribution is -0.126. The highest BCUT2D eigenvalue weighted by molar-refractivity contribution is 5.95. The number of hydrogen-bond acceptors (Lipinski definition) is 9. The first-order valence-corrected chi connectivity index (χ1v) is 13.8. The number of likely N-dealkylation sites (tertiary alicyclic amines) is 1. The van der Waals surface area contributed by atoms with Gasteiger partial charge in [0.1, 0.15) is 35.5 Å². The fourth-order valence-corrected chi connectivity index (χ4v) is 5.30. The van der Waals surface area contributed by atoms with Gasteiger partial charge >= 0.3 is 0 Å². The summed E-state index contributed by atoms with van der Waals surface area (Å²) in [5, 5.41) is 7.97. The van der Waals surface area contributed by atoms with Crippen molar-refractivity contribution in [1.82, 2.24) is 14.9 Å². The van der Waals surface area contributed by atoms with Gasteiger partial charge in [-0.2, -0.15) is 0 Å². The molecule has 0 aliphatic carbocycles. The molecule has 2 saturated heterocycles. The third-order valence-electron chi connectivity index (χ3n) is 7.52. The van der Waals surface area contributed by atoms with Gasteiger partial charge < -0.3 is 34.2 Å². The molecule has 10 nitrogen and oxygen atoms in total. The van der Waals surface area contributed by atoms with Crippen molar-refractivity contribution in [3.63, 3.8) is 0 Å². The van der Waals surface area contributed by atoms with E-state index in [-0.39, 0.29) is 18.1 Å². The third-order valence-corrected chi connectivity index (χ3v) is 7.52. The van der Waals surface area contributed by atoms with Crippen LogP contribution in [0.15, 0.2) is 72.1 Å². The van der Waals surface area contributed by atoms with Crippen LogP contribution in [0.2, 0.25) is 0 Å². The fourth-order valence-electron chi connectivity index (χ4n) is 5.30. The van der Waals surface area contributed by atoms with Crippen molar-refractivity contribution in [3.8, 4) is 22.8 Å². The molecule has 2 N–H and O–H groups in total. The molecule has 0 saturated carbocycles. The predicted octanol–water partition coefficient (Wildman–Crippen LogP) is 5.40. The van der Waals surface area contributed by atoms with Crippen LogP contribution in [0.3, 0.4) is 0 Å². The van der Waals surface area contributed by atoms with Gasteiger partial charge in [0, 0.05) is 42.6 Å². The quantitative estimate of drug-likeness (QED) is 0.262. The van der Waals surface area contributed by atoms with Gasteiger partial charge in [-0.05, 0) is 55.3 Å². The predicted molar refractivity (Wildman–Crippen MR) is 157 cm³/mol. The third kappa shape index (κ3) is 5.83.